The Hall–Kier alpha value is -0.360. The van der Waals surface area contributed by atoms with Crippen LogP contribution in [0.5, 0.6) is 0 Å². The molecule has 116 valence electrons. The first-order valence-electron chi connectivity index (χ1n) is 6.37. The van der Waals surface area contributed by atoms with Gasteiger partial charge in [0.1, 0.15) is 5.01 Å². The molecule has 0 saturated carbocycles. The van der Waals surface area contributed by atoms with Crippen LogP contribution < -0.4 is 10.6 Å². The maximum Gasteiger partial charge on any atom is 0.225 e. The summed E-state index contributed by atoms with van der Waals surface area (Å²) in [6.45, 7) is 9.84. The highest BCUT2D eigenvalue weighted by Gasteiger charge is 2.31. The molecule has 0 aliphatic carbocycles. The lowest BCUT2D eigenvalue weighted by atomic mass is 10.0. The number of carbonyl (C=O) groups excluding carboxylic acids is 1. The van der Waals surface area contributed by atoms with E-state index >= 15 is 0 Å². The van der Waals surface area contributed by atoms with Crippen LogP contribution in [0.2, 0.25) is 0 Å². The zero-order valence-electron chi connectivity index (χ0n) is 12.3. The van der Waals surface area contributed by atoms with Gasteiger partial charge in [0.2, 0.25) is 5.91 Å². The van der Waals surface area contributed by atoms with E-state index in [0.29, 0.717) is 0 Å². The summed E-state index contributed by atoms with van der Waals surface area (Å²) in [7, 11) is 0. The topological polar surface area (TPSA) is 54.0 Å². The average molecular weight is 340 g/mol. The maximum atomic E-state index is 12.2. The molecule has 2 heterocycles. The molecule has 1 aliphatic rings. The third kappa shape index (κ3) is 4.32. The molecule has 4 nitrogen and oxygen atoms in total. The van der Waals surface area contributed by atoms with Crippen molar-refractivity contribution in [3.8, 4) is 0 Å². The van der Waals surface area contributed by atoms with E-state index in [1.54, 1.807) is 11.3 Å². The van der Waals surface area contributed by atoms with E-state index in [-0.39, 0.29) is 42.2 Å². The minimum Gasteiger partial charge on any atom is -0.344 e. The number of rotatable bonds is 3. The third-order valence-corrected chi connectivity index (χ3v) is 4.83. The Kier molecular flexibility index (Phi) is 7.46. The van der Waals surface area contributed by atoms with Crippen molar-refractivity contribution in [2.24, 2.45) is 5.92 Å². The summed E-state index contributed by atoms with van der Waals surface area (Å²) in [6.07, 6.45) is 0.928. The van der Waals surface area contributed by atoms with Gasteiger partial charge < -0.3 is 10.6 Å². The number of aryl methyl sites for hydroxylation is 2. The fourth-order valence-corrected chi connectivity index (χ4v) is 3.05. The van der Waals surface area contributed by atoms with Gasteiger partial charge in [-0.25, -0.2) is 4.98 Å². The second-order valence-electron chi connectivity index (χ2n) is 5.46. The largest absolute Gasteiger partial charge is 0.344 e. The molecule has 1 amide bonds. The number of thiazole rings is 1. The molecule has 1 aromatic rings. The summed E-state index contributed by atoms with van der Waals surface area (Å²) in [4.78, 5) is 17.9. The Bertz CT molecular complexity index is 437. The first-order valence-corrected chi connectivity index (χ1v) is 7.19. The summed E-state index contributed by atoms with van der Waals surface area (Å²) < 4.78 is 0. The van der Waals surface area contributed by atoms with Gasteiger partial charge in [0, 0.05) is 11.4 Å². The molecule has 0 radical (unpaired) electrons. The van der Waals surface area contributed by atoms with Crippen molar-refractivity contribution in [2.75, 3.05) is 13.1 Å². The molecule has 1 aromatic heterocycles. The van der Waals surface area contributed by atoms with E-state index in [4.69, 9.17) is 0 Å². The van der Waals surface area contributed by atoms with Crippen molar-refractivity contribution in [1.29, 1.82) is 0 Å². The van der Waals surface area contributed by atoms with Crippen LogP contribution in [0, 0.1) is 19.8 Å². The zero-order valence-corrected chi connectivity index (χ0v) is 14.7. The Morgan fingerprint density at radius 3 is 2.50 bits per heavy atom. The molecule has 7 heteroatoms. The number of carbonyl (C=O) groups is 1. The minimum atomic E-state index is -0.386. The van der Waals surface area contributed by atoms with E-state index in [1.807, 2.05) is 20.8 Å². The predicted molar refractivity (Wildman–Crippen MR) is 88.2 cm³/mol. The van der Waals surface area contributed by atoms with Crippen molar-refractivity contribution in [1.82, 2.24) is 15.6 Å². The molecule has 1 fully saturated rings. The van der Waals surface area contributed by atoms with Gasteiger partial charge >= 0.3 is 0 Å². The number of hydrogen-bond donors (Lipinski definition) is 2. The second kappa shape index (κ2) is 7.59. The van der Waals surface area contributed by atoms with Crippen molar-refractivity contribution >= 4 is 42.1 Å². The summed E-state index contributed by atoms with van der Waals surface area (Å²) >= 11 is 1.66. The van der Waals surface area contributed by atoms with E-state index < -0.39 is 0 Å². The summed E-state index contributed by atoms with van der Waals surface area (Å²) in [6, 6.07) is 0. The molecule has 20 heavy (non-hydrogen) atoms. The van der Waals surface area contributed by atoms with Crippen molar-refractivity contribution in [3.05, 3.63) is 15.6 Å². The van der Waals surface area contributed by atoms with Crippen LogP contribution in [0.3, 0.4) is 0 Å². The number of nitrogens with zero attached hydrogens (tertiary/aromatic N) is 1. The second-order valence-corrected chi connectivity index (χ2v) is 6.67. The number of aromatic nitrogens is 1. The predicted octanol–water partition coefficient (Wildman–Crippen LogP) is 2.56. The van der Waals surface area contributed by atoms with Gasteiger partial charge in [-0.1, -0.05) is 0 Å². The monoisotopic (exact) mass is 339 g/mol. The molecule has 1 aliphatic heterocycles. The number of hydrogen-bond acceptors (Lipinski definition) is 4. The normalized spacial score (nSPS) is 18.1. The van der Waals surface area contributed by atoms with Gasteiger partial charge in [0.15, 0.2) is 0 Å². The number of amides is 1. The molecule has 1 atom stereocenters. The molecule has 1 saturated heterocycles. The van der Waals surface area contributed by atoms with Crippen LogP contribution in [-0.2, 0) is 10.3 Å². The van der Waals surface area contributed by atoms with Crippen molar-refractivity contribution in [2.45, 2.75) is 39.7 Å². The fourth-order valence-electron chi connectivity index (χ4n) is 2.08. The van der Waals surface area contributed by atoms with Crippen LogP contribution >= 0.6 is 36.2 Å². The highest BCUT2D eigenvalue weighted by Crippen LogP contribution is 2.27. The molecule has 1 unspecified atom stereocenters. The fraction of sp³-hybridized carbons (Fsp3) is 0.692. The molecule has 0 bridgehead atoms. The van der Waals surface area contributed by atoms with Crippen molar-refractivity contribution < 1.29 is 4.79 Å². The molecule has 2 rings (SSSR count). The Labute approximate surface area is 137 Å². The van der Waals surface area contributed by atoms with Crippen LogP contribution in [-0.4, -0.2) is 24.0 Å². The Morgan fingerprint density at radius 2 is 2.05 bits per heavy atom. The highest BCUT2D eigenvalue weighted by atomic mass is 35.5. The van der Waals surface area contributed by atoms with Crippen LogP contribution in [0.15, 0.2) is 0 Å². The van der Waals surface area contributed by atoms with E-state index in [2.05, 4.69) is 22.5 Å². The molecular weight excluding hydrogens is 317 g/mol. The summed E-state index contributed by atoms with van der Waals surface area (Å²) in [5, 5.41) is 7.33. The van der Waals surface area contributed by atoms with Gasteiger partial charge in [-0.15, -0.1) is 36.2 Å². The van der Waals surface area contributed by atoms with E-state index in [9.17, 15) is 4.79 Å². The molecule has 0 aromatic carbocycles. The molecule has 0 spiro atoms. The smallest absolute Gasteiger partial charge is 0.225 e. The lowest BCUT2D eigenvalue weighted by molar-refractivity contribution is -0.126. The first kappa shape index (κ1) is 19.6. The van der Waals surface area contributed by atoms with Gasteiger partial charge in [-0.05, 0) is 40.7 Å². The van der Waals surface area contributed by atoms with E-state index in [1.165, 1.54) is 4.88 Å². The first-order chi connectivity index (χ1) is 8.40. The highest BCUT2D eigenvalue weighted by molar-refractivity contribution is 7.11. The van der Waals surface area contributed by atoms with Crippen LogP contribution in [0.4, 0.5) is 0 Å². The number of nitrogens with one attached hydrogen (secondary N) is 2. The van der Waals surface area contributed by atoms with Gasteiger partial charge in [0.25, 0.3) is 0 Å². The Balaban J connectivity index is 0.00000180. The van der Waals surface area contributed by atoms with Crippen molar-refractivity contribution in [3.63, 3.8) is 0 Å². The molecular formula is C13H23Cl2N3OS. The van der Waals surface area contributed by atoms with Crippen LogP contribution in [0.25, 0.3) is 0 Å². The zero-order chi connectivity index (χ0) is 13.3. The lowest BCUT2D eigenvalue weighted by Crippen LogP contribution is -2.44. The average Bonchev–Trinajstić information content (AvgIpc) is 2.89. The van der Waals surface area contributed by atoms with E-state index in [0.717, 1.165) is 30.2 Å². The quantitative estimate of drug-likeness (QED) is 0.889. The Morgan fingerprint density at radius 1 is 1.40 bits per heavy atom. The minimum absolute atomic E-state index is 0. The van der Waals surface area contributed by atoms with Gasteiger partial charge in [-0.3, -0.25) is 4.79 Å². The SMILES string of the molecule is Cc1nc(C(C)(C)NC(=O)C2CCNC2)sc1C.Cl.Cl. The molecule has 2 N–H and O–H groups in total. The third-order valence-electron chi connectivity index (χ3n) is 3.43. The number of halogens is 2. The van der Waals surface area contributed by atoms with Gasteiger partial charge in [0.05, 0.1) is 17.2 Å². The lowest BCUT2D eigenvalue weighted by Gasteiger charge is -2.25. The maximum absolute atomic E-state index is 12.2. The van der Waals surface area contributed by atoms with Gasteiger partial charge in [-0.2, -0.15) is 0 Å². The van der Waals surface area contributed by atoms with Crippen LogP contribution in [0.1, 0.15) is 35.8 Å². The summed E-state index contributed by atoms with van der Waals surface area (Å²) in [5.74, 6) is 0.238. The standard InChI is InChI=1S/C13H21N3OS.2ClH/c1-8-9(2)18-12(15-8)13(3,4)16-11(17)10-5-6-14-7-10;;/h10,14H,5-7H2,1-4H3,(H,16,17);2*1H. The summed E-state index contributed by atoms with van der Waals surface area (Å²) in [5.41, 5.74) is 0.670.